The van der Waals surface area contributed by atoms with Gasteiger partial charge in [0.15, 0.2) is 0 Å². The van der Waals surface area contributed by atoms with Crippen molar-refractivity contribution in [1.29, 1.82) is 0 Å². The maximum Gasteiger partial charge on any atom is 0.266 e. The van der Waals surface area contributed by atoms with Crippen LogP contribution in [0.15, 0.2) is 45.9 Å². The maximum absolute atomic E-state index is 12.6. The van der Waals surface area contributed by atoms with Crippen LogP contribution < -0.4 is 4.74 Å². The van der Waals surface area contributed by atoms with Gasteiger partial charge < -0.3 is 9.15 Å². The SMILES string of the molecule is CC1Cc2cc(/C=C3/SC(=S)N(Cc4ccco4)C3=O)ccc2O1. The van der Waals surface area contributed by atoms with Gasteiger partial charge in [0.05, 0.1) is 17.7 Å². The van der Waals surface area contributed by atoms with Gasteiger partial charge in [-0.15, -0.1) is 0 Å². The molecule has 0 bridgehead atoms. The summed E-state index contributed by atoms with van der Waals surface area (Å²) in [6.07, 6.45) is 4.60. The van der Waals surface area contributed by atoms with Crippen LogP contribution in [0.25, 0.3) is 6.08 Å². The Morgan fingerprint density at radius 3 is 3.08 bits per heavy atom. The summed E-state index contributed by atoms with van der Waals surface area (Å²) in [4.78, 5) is 14.8. The summed E-state index contributed by atoms with van der Waals surface area (Å²) in [6, 6.07) is 9.66. The number of ether oxygens (including phenoxy) is 1. The van der Waals surface area contributed by atoms with E-state index in [0.29, 0.717) is 15.8 Å². The number of amides is 1. The molecule has 4 nitrogen and oxygen atoms in total. The Hall–Kier alpha value is -2.05. The summed E-state index contributed by atoms with van der Waals surface area (Å²) in [5.74, 6) is 1.58. The molecule has 1 aromatic carbocycles. The number of benzene rings is 1. The van der Waals surface area contributed by atoms with Crippen LogP contribution in [0.3, 0.4) is 0 Å². The van der Waals surface area contributed by atoms with Gasteiger partial charge in [-0.25, -0.2) is 0 Å². The van der Waals surface area contributed by atoms with E-state index in [0.717, 1.165) is 23.5 Å². The van der Waals surface area contributed by atoms with E-state index in [1.807, 2.05) is 24.3 Å². The van der Waals surface area contributed by atoms with Crippen molar-refractivity contribution in [3.8, 4) is 5.75 Å². The van der Waals surface area contributed by atoms with Crippen LogP contribution >= 0.6 is 24.0 Å². The molecule has 1 fully saturated rings. The Kier molecular flexibility index (Phi) is 3.94. The zero-order valence-corrected chi connectivity index (χ0v) is 14.7. The lowest BCUT2D eigenvalue weighted by molar-refractivity contribution is -0.122. The first-order valence-corrected chi connectivity index (χ1v) is 8.90. The molecule has 0 spiro atoms. The van der Waals surface area contributed by atoms with Gasteiger partial charge in [-0.1, -0.05) is 30.0 Å². The predicted octanol–water partition coefficient (Wildman–Crippen LogP) is 4.00. The molecular formula is C18H15NO3S2. The van der Waals surface area contributed by atoms with Gasteiger partial charge >= 0.3 is 0 Å². The third-order valence-corrected chi connectivity index (χ3v) is 5.36. The summed E-state index contributed by atoms with van der Waals surface area (Å²) < 4.78 is 11.6. The zero-order chi connectivity index (χ0) is 16.7. The van der Waals surface area contributed by atoms with E-state index < -0.39 is 0 Å². The van der Waals surface area contributed by atoms with Crippen LogP contribution in [0, 0.1) is 0 Å². The maximum atomic E-state index is 12.6. The first-order valence-electron chi connectivity index (χ1n) is 7.67. The second-order valence-corrected chi connectivity index (χ2v) is 7.52. The van der Waals surface area contributed by atoms with Crippen molar-refractivity contribution in [3.63, 3.8) is 0 Å². The lowest BCUT2D eigenvalue weighted by Gasteiger charge is -2.11. The highest BCUT2D eigenvalue weighted by atomic mass is 32.2. The van der Waals surface area contributed by atoms with Crippen LogP contribution in [0.1, 0.15) is 23.8 Å². The van der Waals surface area contributed by atoms with E-state index in [1.54, 1.807) is 17.2 Å². The topological polar surface area (TPSA) is 42.7 Å². The summed E-state index contributed by atoms with van der Waals surface area (Å²) in [5.41, 5.74) is 2.17. The molecule has 3 heterocycles. The molecule has 1 amide bonds. The van der Waals surface area contributed by atoms with Gasteiger partial charge in [-0.05, 0) is 48.4 Å². The van der Waals surface area contributed by atoms with Gasteiger partial charge in [-0.3, -0.25) is 9.69 Å². The quantitative estimate of drug-likeness (QED) is 0.613. The normalized spacial score (nSPS) is 21.5. The second-order valence-electron chi connectivity index (χ2n) is 5.85. The third-order valence-electron chi connectivity index (χ3n) is 3.99. The van der Waals surface area contributed by atoms with Crippen molar-refractivity contribution >= 4 is 40.3 Å². The molecule has 0 radical (unpaired) electrons. The lowest BCUT2D eigenvalue weighted by atomic mass is 10.1. The Bertz CT molecular complexity index is 842. The van der Waals surface area contributed by atoms with Crippen molar-refractivity contribution in [2.45, 2.75) is 26.0 Å². The van der Waals surface area contributed by atoms with Crippen molar-refractivity contribution in [3.05, 3.63) is 58.4 Å². The smallest absolute Gasteiger partial charge is 0.266 e. The molecule has 2 aromatic rings. The standard InChI is InChI=1S/C18H15NO3S2/c1-11-7-13-8-12(4-5-15(13)22-11)9-16-17(20)19(18(23)24-16)10-14-3-2-6-21-14/h2-6,8-9,11H,7,10H2,1H3/b16-9+. The lowest BCUT2D eigenvalue weighted by Crippen LogP contribution is -2.27. The van der Waals surface area contributed by atoms with Gasteiger partial charge in [0, 0.05) is 6.42 Å². The number of nitrogens with zero attached hydrogens (tertiary/aromatic N) is 1. The summed E-state index contributed by atoms with van der Waals surface area (Å²) in [7, 11) is 0. The summed E-state index contributed by atoms with van der Waals surface area (Å²) >= 11 is 6.67. The Morgan fingerprint density at radius 2 is 2.29 bits per heavy atom. The van der Waals surface area contributed by atoms with Crippen molar-refractivity contribution in [1.82, 2.24) is 4.90 Å². The predicted molar refractivity (Wildman–Crippen MR) is 97.7 cm³/mol. The average molecular weight is 357 g/mol. The van der Waals surface area contributed by atoms with Crippen LogP contribution in [-0.4, -0.2) is 21.2 Å². The molecular weight excluding hydrogens is 342 g/mol. The van der Waals surface area contributed by atoms with E-state index >= 15 is 0 Å². The van der Waals surface area contributed by atoms with Gasteiger partial charge in [0.1, 0.15) is 21.9 Å². The molecule has 122 valence electrons. The van der Waals surface area contributed by atoms with Gasteiger partial charge in [0.2, 0.25) is 0 Å². The first kappa shape index (κ1) is 15.5. The summed E-state index contributed by atoms with van der Waals surface area (Å²) in [6.45, 7) is 2.42. The number of furan rings is 1. The molecule has 2 aliphatic rings. The molecule has 0 aliphatic carbocycles. The van der Waals surface area contributed by atoms with E-state index in [2.05, 4.69) is 13.0 Å². The number of thiocarbonyl (C=S) groups is 1. The monoisotopic (exact) mass is 357 g/mol. The van der Waals surface area contributed by atoms with Crippen molar-refractivity contribution in [2.75, 3.05) is 0 Å². The van der Waals surface area contributed by atoms with Gasteiger partial charge in [-0.2, -0.15) is 0 Å². The van der Waals surface area contributed by atoms with Crippen LogP contribution in [0.5, 0.6) is 5.75 Å². The molecule has 0 saturated carbocycles. The highest BCUT2D eigenvalue weighted by Gasteiger charge is 2.32. The summed E-state index contributed by atoms with van der Waals surface area (Å²) in [5, 5.41) is 0. The Morgan fingerprint density at radius 1 is 1.42 bits per heavy atom. The Labute approximate surface area is 149 Å². The largest absolute Gasteiger partial charge is 0.490 e. The molecule has 2 aliphatic heterocycles. The minimum absolute atomic E-state index is 0.0773. The highest BCUT2D eigenvalue weighted by Crippen LogP contribution is 2.35. The number of carbonyl (C=O) groups is 1. The zero-order valence-electron chi connectivity index (χ0n) is 13.0. The van der Waals surface area contributed by atoms with Crippen molar-refractivity contribution in [2.24, 2.45) is 0 Å². The number of hydrogen-bond donors (Lipinski definition) is 0. The fourth-order valence-corrected chi connectivity index (χ4v) is 4.13. The fraction of sp³-hybridized carbons (Fsp3) is 0.222. The second kappa shape index (κ2) is 6.11. The van der Waals surface area contributed by atoms with Crippen molar-refractivity contribution < 1.29 is 13.9 Å². The molecule has 1 aromatic heterocycles. The number of rotatable bonds is 3. The molecule has 4 rings (SSSR count). The molecule has 1 saturated heterocycles. The fourth-order valence-electron chi connectivity index (χ4n) is 2.88. The highest BCUT2D eigenvalue weighted by molar-refractivity contribution is 8.26. The molecule has 6 heteroatoms. The van der Waals surface area contributed by atoms with Crippen LogP contribution in [0.4, 0.5) is 0 Å². The van der Waals surface area contributed by atoms with Crippen LogP contribution in [0.2, 0.25) is 0 Å². The van der Waals surface area contributed by atoms with E-state index in [-0.39, 0.29) is 12.0 Å². The van der Waals surface area contributed by atoms with Crippen LogP contribution in [-0.2, 0) is 17.8 Å². The Balaban J connectivity index is 1.56. The number of thioether (sulfide) groups is 1. The van der Waals surface area contributed by atoms with E-state index in [4.69, 9.17) is 21.4 Å². The molecule has 0 N–H and O–H groups in total. The number of carbonyl (C=O) groups excluding carboxylic acids is 1. The number of fused-ring (bicyclic) bond motifs is 1. The first-order chi connectivity index (χ1) is 11.6. The average Bonchev–Trinajstić information content (AvgIpc) is 3.23. The molecule has 1 atom stereocenters. The number of hydrogen-bond acceptors (Lipinski definition) is 5. The minimum atomic E-state index is -0.0773. The molecule has 1 unspecified atom stereocenters. The van der Waals surface area contributed by atoms with E-state index in [1.165, 1.54) is 17.3 Å². The van der Waals surface area contributed by atoms with Gasteiger partial charge in [0.25, 0.3) is 5.91 Å². The minimum Gasteiger partial charge on any atom is -0.490 e. The van der Waals surface area contributed by atoms with E-state index in [9.17, 15) is 4.79 Å². The third kappa shape index (κ3) is 2.87. The molecule has 24 heavy (non-hydrogen) atoms.